The highest BCUT2D eigenvalue weighted by Crippen LogP contribution is 2.57. The number of benzene rings is 2. The first-order valence-corrected chi connectivity index (χ1v) is 17.0. The number of ether oxygens (including phenoxy) is 1. The van der Waals surface area contributed by atoms with Crippen LogP contribution in [0.25, 0.3) is 5.76 Å². The number of nitrogens with two attached hydrogens (primary N) is 1. The van der Waals surface area contributed by atoms with E-state index >= 15 is 0 Å². The fourth-order valence-corrected chi connectivity index (χ4v) is 7.73. The summed E-state index contributed by atoms with van der Waals surface area (Å²) in [5.74, 6) is -1.98. The largest absolute Gasteiger partial charge is 0.507 e. The number of hydrogen-bond acceptors (Lipinski definition) is 8. The standard InChI is InChI=1S/C32H36N2O6Si/c1-31(2,3)41(4,5)40-32-22(16-20-15-19-13-9-10-14-21(19)26(35)23(20)28(32)36)25(33)27-24(29(32)37)30(34-39-27)38-17-18-11-7-6-8-12-18/h6-14,20,22,25,35H,15-17,33H2,1-5H3/t20-,22-,25-,32?/m0/s1. The van der Waals surface area contributed by atoms with Crippen LogP contribution < -0.4 is 10.5 Å². The lowest BCUT2D eigenvalue weighted by molar-refractivity contribution is -0.138. The minimum atomic E-state index is -2.76. The molecule has 0 saturated heterocycles. The van der Waals surface area contributed by atoms with Crippen molar-refractivity contribution in [2.75, 3.05) is 0 Å². The third-order valence-corrected chi connectivity index (χ3v) is 13.9. The van der Waals surface area contributed by atoms with Crippen molar-refractivity contribution in [2.24, 2.45) is 17.6 Å². The minimum Gasteiger partial charge on any atom is -0.507 e. The average Bonchev–Trinajstić information content (AvgIpc) is 3.36. The maximum absolute atomic E-state index is 14.8. The predicted octanol–water partition coefficient (Wildman–Crippen LogP) is 5.94. The lowest BCUT2D eigenvalue weighted by atomic mass is 9.57. The molecule has 3 aliphatic carbocycles. The molecule has 8 nitrogen and oxygen atoms in total. The molecule has 0 spiro atoms. The van der Waals surface area contributed by atoms with E-state index in [4.69, 9.17) is 19.4 Å². The van der Waals surface area contributed by atoms with Gasteiger partial charge < -0.3 is 24.5 Å². The van der Waals surface area contributed by atoms with Crippen LogP contribution in [0.1, 0.15) is 66.0 Å². The molecule has 9 heteroatoms. The zero-order valence-electron chi connectivity index (χ0n) is 24.1. The summed E-state index contributed by atoms with van der Waals surface area (Å²) in [4.78, 5) is 29.6. The molecule has 3 N–H and O–H groups in total. The van der Waals surface area contributed by atoms with Gasteiger partial charge in [0.15, 0.2) is 19.7 Å². The summed E-state index contributed by atoms with van der Waals surface area (Å²) in [7, 11) is -2.76. The van der Waals surface area contributed by atoms with E-state index in [2.05, 4.69) is 25.9 Å². The highest BCUT2D eigenvalue weighted by Gasteiger charge is 2.67. The zero-order chi connectivity index (χ0) is 29.3. The van der Waals surface area contributed by atoms with E-state index in [1.807, 2.05) is 61.6 Å². The van der Waals surface area contributed by atoms with Gasteiger partial charge in [0.25, 0.3) is 5.88 Å². The SMILES string of the molecule is CC(C)(C)[Si](C)(C)OC12C(=O)C3=C(O)c4ccccc4C[C@H]3C[C@H]1[C@H](N)c1onc(OCc3ccccc3)c1C2=O. The molecule has 214 valence electrons. The summed E-state index contributed by atoms with van der Waals surface area (Å²) < 4.78 is 18.6. The first-order valence-electron chi connectivity index (χ1n) is 14.1. The predicted molar refractivity (Wildman–Crippen MR) is 156 cm³/mol. The number of ketones is 2. The molecule has 0 amide bonds. The number of nitrogens with zero attached hydrogens (tertiary/aromatic N) is 1. The van der Waals surface area contributed by atoms with Crippen LogP contribution in [0.4, 0.5) is 0 Å². The molecule has 0 radical (unpaired) electrons. The zero-order valence-corrected chi connectivity index (χ0v) is 25.1. The minimum absolute atomic E-state index is 0.0110. The topological polar surface area (TPSA) is 125 Å². The van der Waals surface area contributed by atoms with Crippen molar-refractivity contribution in [3.8, 4) is 5.88 Å². The lowest BCUT2D eigenvalue weighted by Gasteiger charge is -2.53. The summed E-state index contributed by atoms with van der Waals surface area (Å²) >= 11 is 0. The average molecular weight is 573 g/mol. The van der Waals surface area contributed by atoms with E-state index in [0.717, 1.165) is 11.1 Å². The number of aliphatic hydroxyl groups excluding tert-OH is 1. The molecule has 4 atom stereocenters. The first kappa shape index (κ1) is 27.6. The molecule has 0 aliphatic heterocycles. The van der Waals surface area contributed by atoms with Crippen molar-refractivity contribution < 1.29 is 28.4 Å². The van der Waals surface area contributed by atoms with E-state index < -0.39 is 37.4 Å². The summed E-state index contributed by atoms with van der Waals surface area (Å²) in [6, 6.07) is 16.2. The second kappa shape index (κ2) is 9.51. The molecular formula is C32H36N2O6Si. The van der Waals surface area contributed by atoms with Gasteiger partial charge in [-0.3, -0.25) is 9.59 Å². The van der Waals surface area contributed by atoms with Gasteiger partial charge in [-0.25, -0.2) is 0 Å². The fourth-order valence-electron chi connectivity index (χ4n) is 6.28. The van der Waals surface area contributed by atoms with Gasteiger partial charge in [0, 0.05) is 17.1 Å². The Kier molecular flexibility index (Phi) is 6.41. The molecule has 6 rings (SSSR count). The highest BCUT2D eigenvalue weighted by molar-refractivity contribution is 6.74. The number of carbonyl (C=O) groups is 2. The van der Waals surface area contributed by atoms with Crippen molar-refractivity contribution >= 4 is 25.6 Å². The quantitative estimate of drug-likeness (QED) is 0.284. The van der Waals surface area contributed by atoms with Crippen molar-refractivity contribution in [1.29, 1.82) is 0 Å². The number of Topliss-reactive ketones (excluding diaryl/α,β-unsaturated/α-hetero) is 2. The second-order valence-electron chi connectivity index (χ2n) is 12.9. The number of aliphatic hydroxyl groups is 1. The van der Waals surface area contributed by atoms with E-state index in [0.29, 0.717) is 18.4 Å². The molecule has 1 aromatic heterocycles. The van der Waals surface area contributed by atoms with Crippen LogP contribution >= 0.6 is 0 Å². The van der Waals surface area contributed by atoms with E-state index in [-0.39, 0.29) is 46.1 Å². The van der Waals surface area contributed by atoms with Gasteiger partial charge in [-0.1, -0.05) is 75.4 Å². The molecule has 1 saturated carbocycles. The summed E-state index contributed by atoms with van der Waals surface area (Å²) in [6.07, 6.45) is 0.935. The van der Waals surface area contributed by atoms with E-state index in [1.54, 1.807) is 6.07 Å². The number of carbonyl (C=O) groups excluding carboxylic acids is 2. The van der Waals surface area contributed by atoms with Crippen LogP contribution in [0, 0.1) is 11.8 Å². The van der Waals surface area contributed by atoms with Crippen LogP contribution in [-0.4, -0.2) is 35.7 Å². The Hall–Kier alpha value is -3.53. The van der Waals surface area contributed by atoms with Crippen LogP contribution in [-0.2, 0) is 22.2 Å². The first-order chi connectivity index (χ1) is 19.4. The number of aromatic nitrogens is 1. The molecule has 1 heterocycles. The van der Waals surface area contributed by atoms with Crippen LogP contribution in [0.2, 0.25) is 18.1 Å². The maximum Gasteiger partial charge on any atom is 0.265 e. The Morgan fingerprint density at radius 1 is 1.07 bits per heavy atom. The van der Waals surface area contributed by atoms with Gasteiger partial charge in [0.05, 0.1) is 6.04 Å². The third kappa shape index (κ3) is 4.13. The van der Waals surface area contributed by atoms with Crippen molar-refractivity contribution in [1.82, 2.24) is 5.16 Å². The Morgan fingerprint density at radius 3 is 2.46 bits per heavy atom. The second-order valence-corrected chi connectivity index (χ2v) is 17.7. The number of rotatable bonds is 5. The maximum atomic E-state index is 14.8. The van der Waals surface area contributed by atoms with E-state index in [1.165, 1.54) is 0 Å². The Bertz CT molecular complexity index is 1570. The van der Waals surface area contributed by atoms with Gasteiger partial charge in [-0.2, -0.15) is 0 Å². The smallest absolute Gasteiger partial charge is 0.265 e. The Morgan fingerprint density at radius 2 is 1.76 bits per heavy atom. The van der Waals surface area contributed by atoms with E-state index in [9.17, 15) is 14.7 Å². The van der Waals surface area contributed by atoms with Gasteiger partial charge in [-0.15, -0.1) is 0 Å². The molecule has 3 aromatic rings. The van der Waals surface area contributed by atoms with Crippen LogP contribution in [0.5, 0.6) is 5.88 Å². The molecule has 1 fully saturated rings. The molecule has 1 unspecified atom stereocenters. The molecule has 41 heavy (non-hydrogen) atoms. The number of fused-ring (bicyclic) bond motifs is 4. The third-order valence-electron chi connectivity index (χ3n) is 9.47. The summed E-state index contributed by atoms with van der Waals surface area (Å²) in [6.45, 7) is 10.3. The highest BCUT2D eigenvalue weighted by atomic mass is 28.4. The molecule has 3 aliphatic rings. The van der Waals surface area contributed by atoms with Crippen molar-refractivity contribution in [2.45, 2.75) is 70.0 Å². The molecule has 0 bridgehead atoms. The summed E-state index contributed by atoms with van der Waals surface area (Å²) in [5, 5.41) is 15.3. The van der Waals surface area contributed by atoms with Crippen LogP contribution in [0.15, 0.2) is 64.7 Å². The normalized spacial score (nSPS) is 25.8. The van der Waals surface area contributed by atoms with Crippen molar-refractivity contribution in [3.05, 3.63) is 88.2 Å². The van der Waals surface area contributed by atoms with Gasteiger partial charge >= 0.3 is 0 Å². The van der Waals surface area contributed by atoms with Gasteiger partial charge in [0.2, 0.25) is 11.6 Å². The lowest BCUT2D eigenvalue weighted by Crippen LogP contribution is -2.68. The fraction of sp³-hybridized carbons (Fsp3) is 0.406. The number of hydrogen-bond donors (Lipinski definition) is 2. The van der Waals surface area contributed by atoms with Crippen LogP contribution in [0.3, 0.4) is 0 Å². The Labute approximate surface area is 240 Å². The molecule has 2 aromatic carbocycles. The van der Waals surface area contributed by atoms with Gasteiger partial charge in [0.1, 0.15) is 17.9 Å². The van der Waals surface area contributed by atoms with Gasteiger partial charge in [-0.05, 0) is 53.2 Å². The monoisotopic (exact) mass is 572 g/mol. The Balaban J connectivity index is 1.51. The summed E-state index contributed by atoms with van der Waals surface area (Å²) in [5.41, 5.74) is 7.68. The molecular weight excluding hydrogens is 536 g/mol. The van der Waals surface area contributed by atoms with Crippen molar-refractivity contribution in [3.63, 3.8) is 0 Å².